The molecule has 0 radical (unpaired) electrons. The first-order valence-electron chi connectivity index (χ1n) is 7.72. The first kappa shape index (κ1) is 14.6. The summed E-state index contributed by atoms with van der Waals surface area (Å²) in [6.07, 6.45) is 6.08. The van der Waals surface area contributed by atoms with Crippen LogP contribution in [0, 0.1) is 6.92 Å². The van der Waals surface area contributed by atoms with Crippen LogP contribution in [0.25, 0.3) is 5.65 Å². The lowest BCUT2D eigenvalue weighted by atomic mass is 10.1. The van der Waals surface area contributed by atoms with E-state index >= 15 is 0 Å². The molecule has 0 bridgehead atoms. The Labute approximate surface area is 138 Å². The van der Waals surface area contributed by atoms with Crippen molar-refractivity contribution < 1.29 is 4.74 Å². The van der Waals surface area contributed by atoms with Crippen molar-refractivity contribution in [3.05, 3.63) is 35.8 Å². The summed E-state index contributed by atoms with van der Waals surface area (Å²) < 4.78 is 9.41. The smallest absolute Gasteiger partial charge is 0.209 e. The topological polar surface area (TPSA) is 70.1 Å². The molecule has 0 aliphatic carbocycles. The van der Waals surface area contributed by atoms with Gasteiger partial charge in [-0.15, -0.1) is 5.10 Å². The van der Waals surface area contributed by atoms with Crippen LogP contribution in [0.5, 0.6) is 0 Å². The van der Waals surface area contributed by atoms with Crippen molar-refractivity contribution in [2.75, 3.05) is 13.2 Å². The fourth-order valence-electron chi connectivity index (χ4n) is 2.80. The minimum absolute atomic E-state index is 0.338. The number of thioether (sulfide) groups is 1. The molecule has 8 heteroatoms. The fraction of sp³-hybridized carbons (Fsp3) is 0.467. The van der Waals surface area contributed by atoms with Gasteiger partial charge in [0.05, 0.1) is 11.7 Å². The Bertz CT molecular complexity index is 807. The lowest BCUT2D eigenvalue weighted by molar-refractivity contribution is 0.0631. The number of pyridine rings is 1. The second kappa shape index (κ2) is 6.29. The van der Waals surface area contributed by atoms with E-state index in [2.05, 4.69) is 50.3 Å². The Balaban J connectivity index is 1.49. The number of imidazole rings is 1. The largest absolute Gasteiger partial charge is 0.381 e. The number of tetrazole rings is 1. The van der Waals surface area contributed by atoms with Crippen molar-refractivity contribution in [1.82, 2.24) is 29.6 Å². The molecule has 3 aromatic heterocycles. The molecule has 0 spiro atoms. The van der Waals surface area contributed by atoms with E-state index in [9.17, 15) is 0 Å². The zero-order valence-electron chi connectivity index (χ0n) is 12.9. The summed E-state index contributed by atoms with van der Waals surface area (Å²) in [7, 11) is 0. The fourth-order valence-corrected chi connectivity index (χ4v) is 3.63. The number of nitrogens with zero attached hydrogens (tertiary/aromatic N) is 6. The van der Waals surface area contributed by atoms with Gasteiger partial charge in [-0.1, -0.05) is 17.8 Å². The lowest BCUT2D eigenvalue weighted by Gasteiger charge is -2.22. The highest BCUT2D eigenvalue weighted by atomic mass is 32.2. The Kier molecular flexibility index (Phi) is 4.00. The average Bonchev–Trinajstić information content (AvgIpc) is 3.19. The van der Waals surface area contributed by atoms with Gasteiger partial charge in [0.15, 0.2) is 0 Å². The van der Waals surface area contributed by atoms with E-state index < -0.39 is 0 Å². The summed E-state index contributed by atoms with van der Waals surface area (Å²) in [6, 6.07) is 4.45. The number of aromatic nitrogens is 6. The third-order valence-electron chi connectivity index (χ3n) is 4.00. The molecule has 1 saturated heterocycles. The highest BCUT2D eigenvalue weighted by molar-refractivity contribution is 7.98. The monoisotopic (exact) mass is 330 g/mol. The zero-order valence-corrected chi connectivity index (χ0v) is 13.7. The molecule has 1 fully saturated rings. The van der Waals surface area contributed by atoms with E-state index in [-0.39, 0.29) is 0 Å². The predicted molar refractivity (Wildman–Crippen MR) is 86.4 cm³/mol. The minimum Gasteiger partial charge on any atom is -0.381 e. The Morgan fingerprint density at radius 3 is 3.00 bits per heavy atom. The Morgan fingerprint density at radius 1 is 1.26 bits per heavy atom. The van der Waals surface area contributed by atoms with E-state index in [1.54, 1.807) is 11.8 Å². The van der Waals surface area contributed by atoms with E-state index in [4.69, 9.17) is 4.74 Å². The number of hydrogen-bond donors (Lipinski definition) is 0. The molecule has 1 aliphatic heterocycles. The molecule has 0 amide bonds. The predicted octanol–water partition coefficient (Wildman–Crippen LogP) is 2.27. The lowest BCUT2D eigenvalue weighted by Crippen LogP contribution is -2.21. The Hall–Kier alpha value is -1.93. The molecule has 4 heterocycles. The van der Waals surface area contributed by atoms with Crippen LogP contribution < -0.4 is 0 Å². The molecule has 0 aromatic carbocycles. The van der Waals surface area contributed by atoms with Crippen molar-refractivity contribution in [3.8, 4) is 0 Å². The molecule has 0 saturated carbocycles. The van der Waals surface area contributed by atoms with Crippen molar-refractivity contribution in [2.45, 2.75) is 36.7 Å². The van der Waals surface area contributed by atoms with E-state index in [0.717, 1.165) is 48.3 Å². The summed E-state index contributed by atoms with van der Waals surface area (Å²) >= 11 is 1.63. The molecular weight excluding hydrogens is 312 g/mol. The highest BCUT2D eigenvalue weighted by Crippen LogP contribution is 2.26. The van der Waals surface area contributed by atoms with Gasteiger partial charge in [-0.25, -0.2) is 9.67 Å². The summed E-state index contributed by atoms with van der Waals surface area (Å²) in [5, 5.41) is 13.0. The van der Waals surface area contributed by atoms with E-state index in [1.807, 2.05) is 10.7 Å². The summed E-state index contributed by atoms with van der Waals surface area (Å²) in [5.74, 6) is 0.754. The molecule has 3 aromatic rings. The van der Waals surface area contributed by atoms with Crippen LogP contribution in [0.15, 0.2) is 29.7 Å². The van der Waals surface area contributed by atoms with Gasteiger partial charge in [-0.05, 0) is 41.8 Å². The summed E-state index contributed by atoms with van der Waals surface area (Å²) in [5.41, 5.74) is 3.22. The maximum Gasteiger partial charge on any atom is 0.209 e. The van der Waals surface area contributed by atoms with Crippen LogP contribution in [-0.4, -0.2) is 42.8 Å². The SMILES string of the molecule is Cc1ccc2nc(CSc3nnnn3C3CCOCC3)cn2c1. The van der Waals surface area contributed by atoms with Crippen LogP contribution in [-0.2, 0) is 10.5 Å². The van der Waals surface area contributed by atoms with Crippen LogP contribution in [0.1, 0.15) is 30.1 Å². The van der Waals surface area contributed by atoms with Crippen molar-refractivity contribution in [3.63, 3.8) is 0 Å². The molecular formula is C15H18N6OS. The molecule has 0 atom stereocenters. The first-order chi connectivity index (χ1) is 11.3. The molecule has 0 N–H and O–H groups in total. The quantitative estimate of drug-likeness (QED) is 0.684. The third kappa shape index (κ3) is 3.09. The number of aryl methyl sites for hydroxylation is 1. The first-order valence-corrected chi connectivity index (χ1v) is 8.71. The number of hydrogen-bond acceptors (Lipinski definition) is 6. The van der Waals surface area contributed by atoms with Gasteiger partial charge in [-0.2, -0.15) is 0 Å². The summed E-state index contributed by atoms with van der Waals surface area (Å²) in [4.78, 5) is 4.64. The van der Waals surface area contributed by atoms with Crippen LogP contribution >= 0.6 is 11.8 Å². The maximum absolute atomic E-state index is 5.41. The second-order valence-electron chi connectivity index (χ2n) is 5.74. The molecule has 0 unspecified atom stereocenters. The van der Waals surface area contributed by atoms with Gasteiger partial charge in [0.25, 0.3) is 0 Å². The molecule has 23 heavy (non-hydrogen) atoms. The zero-order chi connectivity index (χ0) is 15.6. The van der Waals surface area contributed by atoms with Crippen molar-refractivity contribution >= 4 is 17.4 Å². The number of fused-ring (bicyclic) bond motifs is 1. The van der Waals surface area contributed by atoms with Crippen molar-refractivity contribution in [2.24, 2.45) is 0 Å². The van der Waals surface area contributed by atoms with Gasteiger partial charge >= 0.3 is 0 Å². The normalized spacial score (nSPS) is 16.2. The minimum atomic E-state index is 0.338. The van der Waals surface area contributed by atoms with Crippen LogP contribution in [0.2, 0.25) is 0 Å². The van der Waals surface area contributed by atoms with Gasteiger partial charge in [-0.3, -0.25) is 0 Å². The highest BCUT2D eigenvalue weighted by Gasteiger charge is 2.20. The number of ether oxygens (including phenoxy) is 1. The average molecular weight is 330 g/mol. The maximum atomic E-state index is 5.41. The molecule has 4 rings (SSSR count). The third-order valence-corrected chi connectivity index (χ3v) is 4.96. The van der Waals surface area contributed by atoms with Gasteiger partial charge in [0.2, 0.25) is 5.16 Å². The molecule has 7 nitrogen and oxygen atoms in total. The van der Waals surface area contributed by atoms with Crippen LogP contribution in [0.4, 0.5) is 0 Å². The standard InChI is InChI=1S/C15H18N6OS/c1-11-2-3-14-16-12(9-20(14)8-11)10-23-15-17-18-19-21(15)13-4-6-22-7-5-13/h2-3,8-9,13H,4-7,10H2,1H3. The van der Waals surface area contributed by atoms with Gasteiger partial charge < -0.3 is 9.14 Å². The van der Waals surface area contributed by atoms with E-state index in [0.29, 0.717) is 6.04 Å². The molecule has 120 valence electrons. The molecule has 1 aliphatic rings. The van der Waals surface area contributed by atoms with E-state index in [1.165, 1.54) is 5.56 Å². The second-order valence-corrected chi connectivity index (χ2v) is 6.68. The Morgan fingerprint density at radius 2 is 2.13 bits per heavy atom. The number of rotatable bonds is 4. The van der Waals surface area contributed by atoms with Crippen LogP contribution in [0.3, 0.4) is 0 Å². The van der Waals surface area contributed by atoms with Gasteiger partial charge in [0, 0.05) is 31.4 Å². The van der Waals surface area contributed by atoms with Crippen molar-refractivity contribution in [1.29, 1.82) is 0 Å². The van der Waals surface area contributed by atoms with Gasteiger partial charge in [0.1, 0.15) is 5.65 Å². The summed E-state index contributed by atoms with van der Waals surface area (Å²) in [6.45, 7) is 3.64.